The number of halogens is 2. The van der Waals surface area contributed by atoms with Gasteiger partial charge in [0.1, 0.15) is 4.90 Å². The molecule has 0 atom stereocenters. The molecule has 0 aliphatic heterocycles. The predicted molar refractivity (Wildman–Crippen MR) is 104 cm³/mol. The summed E-state index contributed by atoms with van der Waals surface area (Å²) in [6, 6.07) is 8.06. The fourth-order valence-corrected chi connectivity index (χ4v) is 4.62. The highest BCUT2D eigenvalue weighted by molar-refractivity contribution is 9.10. The van der Waals surface area contributed by atoms with Crippen molar-refractivity contribution in [1.82, 2.24) is 4.31 Å². The minimum absolute atomic E-state index is 0.0318. The van der Waals surface area contributed by atoms with Gasteiger partial charge >= 0.3 is 0 Å². The molecule has 2 aromatic rings. The minimum atomic E-state index is -3.79. The smallest absolute Gasteiger partial charge is 0.244 e. The number of benzene rings is 2. The molecule has 2 rings (SSSR count). The summed E-state index contributed by atoms with van der Waals surface area (Å²) in [7, 11) is 2.18. The van der Waals surface area contributed by atoms with Gasteiger partial charge < -0.3 is 14.2 Å². The van der Waals surface area contributed by atoms with Gasteiger partial charge in [0.25, 0.3) is 0 Å². The molecule has 0 saturated heterocycles. The van der Waals surface area contributed by atoms with E-state index in [1.54, 1.807) is 24.3 Å². The van der Waals surface area contributed by atoms with E-state index in [0.717, 1.165) is 0 Å². The molecule has 2 aromatic carbocycles. The Bertz CT molecular complexity index is 904. The Hall–Kier alpha value is -1.48. The van der Waals surface area contributed by atoms with Crippen LogP contribution in [0.4, 0.5) is 0 Å². The topological polar surface area (TPSA) is 65.1 Å². The maximum atomic E-state index is 12.9. The molecule has 0 radical (unpaired) electrons. The van der Waals surface area contributed by atoms with Crippen molar-refractivity contribution in [1.29, 1.82) is 0 Å². The van der Waals surface area contributed by atoms with Crippen molar-refractivity contribution in [2.24, 2.45) is 0 Å². The molecule has 0 saturated carbocycles. The Morgan fingerprint density at radius 1 is 1.04 bits per heavy atom. The van der Waals surface area contributed by atoms with E-state index in [4.69, 9.17) is 25.8 Å². The van der Waals surface area contributed by atoms with Gasteiger partial charge in [0, 0.05) is 23.6 Å². The summed E-state index contributed by atoms with van der Waals surface area (Å²) in [5, 5.41) is 0.144. The molecule has 9 heteroatoms. The van der Waals surface area contributed by atoms with Crippen LogP contribution >= 0.6 is 27.5 Å². The van der Waals surface area contributed by atoms with E-state index in [1.807, 2.05) is 0 Å². The van der Waals surface area contributed by atoms with Gasteiger partial charge in [-0.1, -0.05) is 33.6 Å². The van der Waals surface area contributed by atoms with Gasteiger partial charge in [-0.15, -0.1) is 0 Å². The monoisotopic (exact) mass is 463 g/mol. The molecule has 26 heavy (non-hydrogen) atoms. The summed E-state index contributed by atoms with van der Waals surface area (Å²) < 4.78 is 43.6. The van der Waals surface area contributed by atoms with E-state index in [0.29, 0.717) is 27.3 Å². The van der Waals surface area contributed by atoms with Gasteiger partial charge in [0.05, 0.1) is 26.4 Å². The second-order valence-corrected chi connectivity index (χ2v) is 8.67. The number of methoxy groups -OCH3 is 3. The largest absolute Gasteiger partial charge is 0.493 e. The molecule has 0 amide bonds. The molecule has 0 aliphatic carbocycles. The van der Waals surface area contributed by atoms with Crippen molar-refractivity contribution in [3.8, 4) is 17.2 Å². The van der Waals surface area contributed by atoms with E-state index in [2.05, 4.69) is 15.9 Å². The summed E-state index contributed by atoms with van der Waals surface area (Å²) in [6.45, 7) is 0.0677. The first kappa shape index (κ1) is 20.8. The molecular formula is C17H19BrClNO5S. The van der Waals surface area contributed by atoms with Crippen molar-refractivity contribution >= 4 is 37.6 Å². The van der Waals surface area contributed by atoms with E-state index in [-0.39, 0.29) is 16.5 Å². The van der Waals surface area contributed by atoms with Crippen molar-refractivity contribution in [3.05, 3.63) is 45.4 Å². The highest BCUT2D eigenvalue weighted by Crippen LogP contribution is 2.40. The van der Waals surface area contributed by atoms with Crippen molar-refractivity contribution in [2.45, 2.75) is 11.4 Å². The summed E-state index contributed by atoms with van der Waals surface area (Å²) in [4.78, 5) is 0.0318. The van der Waals surface area contributed by atoms with Crippen LogP contribution in [0.3, 0.4) is 0 Å². The first-order valence-electron chi connectivity index (χ1n) is 7.45. The fourth-order valence-electron chi connectivity index (χ4n) is 2.46. The first-order chi connectivity index (χ1) is 12.3. The molecular weight excluding hydrogens is 446 g/mol. The van der Waals surface area contributed by atoms with Crippen LogP contribution < -0.4 is 14.2 Å². The van der Waals surface area contributed by atoms with Crippen LogP contribution in [0, 0.1) is 0 Å². The maximum Gasteiger partial charge on any atom is 0.244 e. The average molecular weight is 465 g/mol. The fraction of sp³-hybridized carbons (Fsp3) is 0.294. The molecule has 0 spiro atoms. The van der Waals surface area contributed by atoms with Crippen LogP contribution in [0.15, 0.2) is 39.7 Å². The summed E-state index contributed by atoms with van der Waals surface area (Å²) in [5.74, 6) is 1.31. The third kappa shape index (κ3) is 4.09. The maximum absolute atomic E-state index is 12.9. The zero-order valence-electron chi connectivity index (χ0n) is 14.7. The Labute approximate surface area is 166 Å². The molecule has 0 aliphatic rings. The quantitative estimate of drug-likeness (QED) is 0.621. The normalized spacial score (nSPS) is 11.5. The second-order valence-electron chi connectivity index (χ2n) is 5.33. The molecule has 142 valence electrons. The summed E-state index contributed by atoms with van der Waals surface area (Å²) in [5.41, 5.74) is 0.629. The summed E-state index contributed by atoms with van der Waals surface area (Å²) in [6.07, 6.45) is 0. The standard InChI is InChI=1S/C17H19BrClNO5S/c1-20(26(21,22)15-8-6-12(18)9-13(15)19)10-11-5-7-14(23-2)17(25-4)16(11)24-3/h5-9H,10H2,1-4H3. The average Bonchev–Trinajstić information content (AvgIpc) is 2.60. The van der Waals surface area contributed by atoms with Crippen LogP contribution in [0.5, 0.6) is 17.2 Å². The lowest BCUT2D eigenvalue weighted by Gasteiger charge is -2.21. The Morgan fingerprint density at radius 3 is 2.23 bits per heavy atom. The third-order valence-electron chi connectivity index (χ3n) is 3.76. The molecule has 0 bridgehead atoms. The number of sulfonamides is 1. The number of nitrogens with zero attached hydrogens (tertiary/aromatic N) is 1. The van der Waals surface area contributed by atoms with E-state index < -0.39 is 10.0 Å². The van der Waals surface area contributed by atoms with Crippen LogP contribution in [-0.4, -0.2) is 41.1 Å². The summed E-state index contributed by atoms with van der Waals surface area (Å²) >= 11 is 9.38. The second kappa shape index (κ2) is 8.47. The van der Waals surface area contributed by atoms with Gasteiger partial charge in [0.15, 0.2) is 11.5 Å². The molecule has 0 aromatic heterocycles. The Kier molecular flexibility index (Phi) is 6.79. The van der Waals surface area contributed by atoms with Gasteiger partial charge in [-0.05, 0) is 24.3 Å². The lowest BCUT2D eigenvalue weighted by molar-refractivity contribution is 0.319. The zero-order chi connectivity index (χ0) is 19.5. The van der Waals surface area contributed by atoms with Crippen molar-refractivity contribution in [3.63, 3.8) is 0 Å². The van der Waals surface area contributed by atoms with Gasteiger partial charge in [0.2, 0.25) is 15.8 Å². The number of hydrogen-bond donors (Lipinski definition) is 0. The minimum Gasteiger partial charge on any atom is -0.493 e. The lowest BCUT2D eigenvalue weighted by Crippen LogP contribution is -2.27. The predicted octanol–water partition coefficient (Wildman–Crippen LogP) is 3.95. The van der Waals surface area contributed by atoms with E-state index in [1.165, 1.54) is 38.7 Å². The number of ether oxygens (including phenoxy) is 3. The molecule has 0 unspecified atom stereocenters. The Balaban J connectivity index is 2.41. The third-order valence-corrected chi connectivity index (χ3v) is 6.54. The Morgan fingerprint density at radius 2 is 1.69 bits per heavy atom. The highest BCUT2D eigenvalue weighted by Gasteiger charge is 2.26. The molecule has 0 N–H and O–H groups in total. The van der Waals surface area contributed by atoms with Crippen molar-refractivity contribution < 1.29 is 22.6 Å². The lowest BCUT2D eigenvalue weighted by atomic mass is 10.1. The van der Waals surface area contributed by atoms with Gasteiger partial charge in [-0.2, -0.15) is 4.31 Å². The SMILES string of the molecule is COc1ccc(CN(C)S(=O)(=O)c2ccc(Br)cc2Cl)c(OC)c1OC. The number of rotatable bonds is 7. The van der Waals surface area contributed by atoms with E-state index >= 15 is 0 Å². The molecule has 0 fully saturated rings. The number of hydrogen-bond acceptors (Lipinski definition) is 5. The highest BCUT2D eigenvalue weighted by atomic mass is 79.9. The van der Waals surface area contributed by atoms with Crippen LogP contribution in [-0.2, 0) is 16.6 Å². The van der Waals surface area contributed by atoms with Crippen LogP contribution in [0.1, 0.15) is 5.56 Å². The first-order valence-corrected chi connectivity index (χ1v) is 10.1. The molecule has 6 nitrogen and oxygen atoms in total. The zero-order valence-corrected chi connectivity index (χ0v) is 17.9. The van der Waals surface area contributed by atoms with E-state index in [9.17, 15) is 8.42 Å². The van der Waals surface area contributed by atoms with Gasteiger partial charge in [-0.25, -0.2) is 8.42 Å². The van der Waals surface area contributed by atoms with Crippen LogP contribution in [0.2, 0.25) is 5.02 Å². The molecule has 0 heterocycles. The van der Waals surface area contributed by atoms with Gasteiger partial charge in [-0.3, -0.25) is 0 Å². The van der Waals surface area contributed by atoms with Crippen LogP contribution in [0.25, 0.3) is 0 Å². The van der Waals surface area contributed by atoms with Crippen molar-refractivity contribution in [2.75, 3.05) is 28.4 Å².